The number of nitrogens with two attached hydrogens (primary N) is 2. The summed E-state index contributed by atoms with van der Waals surface area (Å²) in [7, 11) is 1.61. The summed E-state index contributed by atoms with van der Waals surface area (Å²) in [6, 6.07) is -4.95. The maximum absolute atomic E-state index is 14.2. The van der Waals surface area contributed by atoms with E-state index in [-0.39, 0.29) is 43.7 Å². The number of carbonyl (C=O) groups is 5. The topological polar surface area (TPSA) is 198 Å². The molecule has 5 amide bonds. The number of ether oxygens (including phenoxy) is 1. The highest BCUT2D eigenvalue weighted by Gasteiger charge is 2.39. The molecule has 8 N–H and O–H groups in total. The molecule has 0 bridgehead atoms. The van der Waals surface area contributed by atoms with Crippen molar-refractivity contribution < 1.29 is 37.5 Å². The summed E-state index contributed by atoms with van der Waals surface area (Å²) in [6.45, 7) is 8.41. The molecule has 0 aromatic heterocycles. The number of alkyl halides is 2. The fourth-order valence-corrected chi connectivity index (χ4v) is 7.24. The molecule has 0 aromatic rings. The highest BCUT2D eigenvalue weighted by Crippen LogP contribution is 2.28. The Hall–Kier alpha value is -2.91. The highest BCUT2D eigenvalue weighted by molar-refractivity contribution is 5.96. The van der Waals surface area contributed by atoms with Crippen LogP contribution in [0.4, 0.5) is 8.78 Å². The molecule has 306 valence electrons. The normalized spacial score (nSPS) is 28.4. The van der Waals surface area contributed by atoms with Gasteiger partial charge in [0.2, 0.25) is 29.5 Å². The average molecular weight is 758 g/mol. The number of likely N-dealkylation sites (N-methyl/N-ethyl adjacent to an activating group) is 1. The van der Waals surface area contributed by atoms with Crippen molar-refractivity contribution >= 4 is 29.5 Å². The van der Waals surface area contributed by atoms with Crippen molar-refractivity contribution in [1.29, 1.82) is 0 Å². The smallest absolute Gasteiger partial charge is 0.260 e. The van der Waals surface area contributed by atoms with Gasteiger partial charge in [-0.05, 0) is 57.3 Å². The Bertz CT molecular complexity index is 1170. The SMILES string of the molecule is CCCCCC[C@H]1OC[C@@H](C)NC(=O)[C@H](CCCC(F)(F)CN)NC(=O)[C@H](CN)NC(=O)[C@H](C2CCCCC2)NC(=O)[C@H](CC(C)C)N(C)C(=O)[C@@H]1C. The first-order chi connectivity index (χ1) is 25.0. The number of unbranched alkanes of at least 4 members (excludes halogenated alkanes) is 3. The monoisotopic (exact) mass is 758 g/mol. The van der Waals surface area contributed by atoms with E-state index in [1.54, 1.807) is 20.9 Å². The van der Waals surface area contributed by atoms with Crippen LogP contribution in [-0.4, -0.2) is 103 Å². The van der Waals surface area contributed by atoms with Crippen LogP contribution in [0.15, 0.2) is 0 Å². The molecule has 1 aliphatic carbocycles. The van der Waals surface area contributed by atoms with Gasteiger partial charge in [0.1, 0.15) is 24.2 Å². The van der Waals surface area contributed by atoms with Gasteiger partial charge >= 0.3 is 0 Å². The van der Waals surface area contributed by atoms with Crippen LogP contribution in [0.2, 0.25) is 0 Å². The molecule has 7 atom stereocenters. The number of hydrogen-bond donors (Lipinski definition) is 6. The largest absolute Gasteiger partial charge is 0.375 e. The Morgan fingerprint density at radius 2 is 1.47 bits per heavy atom. The summed E-state index contributed by atoms with van der Waals surface area (Å²) in [6.07, 6.45) is 7.54. The van der Waals surface area contributed by atoms with Crippen LogP contribution in [0.3, 0.4) is 0 Å². The molecule has 0 radical (unpaired) electrons. The summed E-state index contributed by atoms with van der Waals surface area (Å²) >= 11 is 0. The van der Waals surface area contributed by atoms with Crippen molar-refractivity contribution in [3.8, 4) is 0 Å². The van der Waals surface area contributed by atoms with E-state index in [1.165, 1.54) is 4.90 Å². The Balaban J connectivity index is 2.56. The van der Waals surface area contributed by atoms with Crippen LogP contribution in [0.25, 0.3) is 0 Å². The molecule has 2 fully saturated rings. The molecule has 15 heteroatoms. The minimum atomic E-state index is -3.13. The van der Waals surface area contributed by atoms with Gasteiger partial charge in [0.25, 0.3) is 5.92 Å². The van der Waals surface area contributed by atoms with Gasteiger partial charge < -0.3 is 42.4 Å². The molecule has 0 unspecified atom stereocenters. The van der Waals surface area contributed by atoms with Gasteiger partial charge in [-0.1, -0.05) is 72.6 Å². The molecule has 2 aliphatic rings. The van der Waals surface area contributed by atoms with E-state index < -0.39 is 84.7 Å². The highest BCUT2D eigenvalue weighted by atomic mass is 19.3. The van der Waals surface area contributed by atoms with Gasteiger partial charge in [0, 0.05) is 26.1 Å². The summed E-state index contributed by atoms with van der Waals surface area (Å²) in [5.41, 5.74) is 11.2. The average Bonchev–Trinajstić information content (AvgIpc) is 3.12. The van der Waals surface area contributed by atoms with E-state index >= 15 is 0 Å². The standard InChI is InChI=1S/C38H69F2N7O6/c1-7-8-9-13-18-31-26(5)37(52)47(6)30(20-24(2)3)35(50)46-32(27-15-11-10-12-16-27)36(51)45-29(21-41)34(49)44-28(17-14-19-38(39,40)23-42)33(48)43-25(4)22-53-31/h24-32H,7-23,41-42H2,1-6H3,(H,43,48)(H,44,49)(H,45,51)(H,46,50)/t25-,26-,28+,29+,30+,31-,32+/m1/s1. The number of nitrogens with zero attached hydrogens (tertiary/aromatic N) is 1. The Labute approximate surface area is 315 Å². The van der Waals surface area contributed by atoms with Gasteiger partial charge in [-0.3, -0.25) is 24.0 Å². The molecular formula is C38H69F2N7O6. The molecule has 0 spiro atoms. The van der Waals surface area contributed by atoms with Crippen LogP contribution in [0.5, 0.6) is 0 Å². The van der Waals surface area contributed by atoms with Crippen molar-refractivity contribution in [2.75, 3.05) is 26.7 Å². The lowest BCUT2D eigenvalue weighted by Crippen LogP contribution is -2.61. The molecule has 1 saturated carbocycles. The number of nitrogens with one attached hydrogen (secondary N) is 4. The maximum Gasteiger partial charge on any atom is 0.260 e. The van der Waals surface area contributed by atoms with Gasteiger partial charge in [-0.25, -0.2) is 8.78 Å². The number of hydrogen-bond acceptors (Lipinski definition) is 8. The summed E-state index contributed by atoms with van der Waals surface area (Å²) < 4.78 is 34.4. The van der Waals surface area contributed by atoms with E-state index in [9.17, 15) is 32.8 Å². The predicted molar refractivity (Wildman–Crippen MR) is 201 cm³/mol. The van der Waals surface area contributed by atoms with E-state index in [0.717, 1.165) is 44.9 Å². The van der Waals surface area contributed by atoms with Crippen LogP contribution in [-0.2, 0) is 28.7 Å². The molecule has 0 aromatic carbocycles. The summed E-state index contributed by atoms with van der Waals surface area (Å²) in [5.74, 6) is -6.64. The van der Waals surface area contributed by atoms with Gasteiger partial charge in [-0.15, -0.1) is 0 Å². The van der Waals surface area contributed by atoms with Crippen molar-refractivity contribution in [2.24, 2.45) is 29.2 Å². The molecule has 13 nitrogen and oxygen atoms in total. The molecule has 1 aliphatic heterocycles. The van der Waals surface area contributed by atoms with E-state index in [4.69, 9.17) is 16.2 Å². The second-order valence-corrected chi connectivity index (χ2v) is 15.7. The van der Waals surface area contributed by atoms with Crippen molar-refractivity contribution in [1.82, 2.24) is 26.2 Å². The van der Waals surface area contributed by atoms with Crippen molar-refractivity contribution in [3.63, 3.8) is 0 Å². The maximum atomic E-state index is 14.2. The quantitative estimate of drug-likeness (QED) is 0.145. The van der Waals surface area contributed by atoms with Gasteiger partial charge in [0.15, 0.2) is 0 Å². The van der Waals surface area contributed by atoms with Gasteiger partial charge in [-0.2, -0.15) is 0 Å². The van der Waals surface area contributed by atoms with Crippen molar-refractivity contribution in [2.45, 2.75) is 167 Å². The van der Waals surface area contributed by atoms with Crippen LogP contribution in [0, 0.1) is 17.8 Å². The van der Waals surface area contributed by atoms with Crippen LogP contribution < -0.4 is 32.7 Å². The zero-order valence-corrected chi connectivity index (χ0v) is 33.0. The second-order valence-electron chi connectivity index (χ2n) is 15.7. The Kier molecular flexibility index (Phi) is 20.2. The molecule has 1 saturated heterocycles. The second kappa shape index (κ2) is 23.1. The Morgan fingerprint density at radius 3 is 2.08 bits per heavy atom. The number of amides is 5. The minimum Gasteiger partial charge on any atom is -0.375 e. The molecule has 1 heterocycles. The lowest BCUT2D eigenvalue weighted by atomic mass is 9.83. The first-order valence-electron chi connectivity index (χ1n) is 19.9. The zero-order valence-electron chi connectivity index (χ0n) is 33.0. The fraction of sp³-hybridized carbons (Fsp3) is 0.868. The number of rotatable bonds is 14. The predicted octanol–water partition coefficient (Wildman–Crippen LogP) is 3.13. The number of carbonyl (C=O) groups excluding carboxylic acids is 5. The third kappa shape index (κ3) is 15.4. The zero-order chi connectivity index (χ0) is 39.7. The summed E-state index contributed by atoms with van der Waals surface area (Å²) in [4.78, 5) is 71.0. The van der Waals surface area contributed by atoms with E-state index in [2.05, 4.69) is 28.2 Å². The van der Waals surface area contributed by atoms with Crippen LogP contribution in [0.1, 0.15) is 125 Å². The van der Waals surface area contributed by atoms with Crippen LogP contribution >= 0.6 is 0 Å². The minimum absolute atomic E-state index is 0.0396. The molecular weight excluding hydrogens is 688 g/mol. The third-order valence-electron chi connectivity index (χ3n) is 10.6. The molecule has 2 rings (SSSR count). The number of halogens is 2. The van der Waals surface area contributed by atoms with Crippen molar-refractivity contribution in [3.05, 3.63) is 0 Å². The Morgan fingerprint density at radius 1 is 0.830 bits per heavy atom. The lowest BCUT2D eigenvalue weighted by Gasteiger charge is -2.36. The first-order valence-corrected chi connectivity index (χ1v) is 19.9. The fourth-order valence-electron chi connectivity index (χ4n) is 7.24. The third-order valence-corrected chi connectivity index (χ3v) is 10.6. The van der Waals surface area contributed by atoms with Gasteiger partial charge in [0.05, 0.1) is 25.2 Å². The summed E-state index contributed by atoms with van der Waals surface area (Å²) in [5, 5.41) is 11.1. The molecule has 53 heavy (non-hydrogen) atoms. The first kappa shape index (κ1) is 46.2. The lowest BCUT2D eigenvalue weighted by molar-refractivity contribution is -0.147. The van der Waals surface area contributed by atoms with E-state index in [0.29, 0.717) is 25.7 Å². The van der Waals surface area contributed by atoms with E-state index in [1.807, 2.05) is 13.8 Å².